The molecule has 0 aliphatic carbocycles. The van der Waals surface area contributed by atoms with Gasteiger partial charge in [-0.25, -0.2) is 0 Å². The van der Waals surface area contributed by atoms with E-state index in [1.165, 1.54) is 0 Å². The van der Waals surface area contributed by atoms with Crippen molar-refractivity contribution in [2.75, 3.05) is 18.0 Å². The molecule has 3 heterocycles. The maximum Gasteiger partial charge on any atom is 0.245 e. The van der Waals surface area contributed by atoms with E-state index in [0.29, 0.717) is 5.92 Å². The van der Waals surface area contributed by atoms with Crippen LogP contribution in [0.5, 0.6) is 0 Å². The van der Waals surface area contributed by atoms with E-state index in [2.05, 4.69) is 37.2 Å². The fourth-order valence-corrected chi connectivity index (χ4v) is 2.53. The van der Waals surface area contributed by atoms with Gasteiger partial charge in [0.2, 0.25) is 5.95 Å². The Kier molecular flexibility index (Phi) is 3.20. The first-order valence-electron chi connectivity index (χ1n) is 6.66. The number of aromatic amines is 2. The summed E-state index contributed by atoms with van der Waals surface area (Å²) in [6.07, 6.45) is 5.74. The number of piperidine rings is 1. The zero-order valence-corrected chi connectivity index (χ0v) is 11.0. The van der Waals surface area contributed by atoms with Crippen molar-refractivity contribution in [3.8, 4) is 11.4 Å². The molecule has 0 bridgehead atoms. The SMILES string of the molecule is CC(N)C1CCN(c2n[nH]c(-c3cn[nH]c3)n2)CC1. The van der Waals surface area contributed by atoms with Crippen molar-refractivity contribution in [1.29, 1.82) is 0 Å². The lowest BCUT2D eigenvalue weighted by Gasteiger charge is -2.32. The van der Waals surface area contributed by atoms with Crippen LogP contribution in [0.25, 0.3) is 11.4 Å². The van der Waals surface area contributed by atoms with Crippen molar-refractivity contribution in [3.05, 3.63) is 12.4 Å². The molecule has 1 saturated heterocycles. The molecule has 1 atom stereocenters. The van der Waals surface area contributed by atoms with Crippen LogP contribution in [0.1, 0.15) is 19.8 Å². The average molecular weight is 261 g/mol. The quantitative estimate of drug-likeness (QED) is 0.757. The van der Waals surface area contributed by atoms with Gasteiger partial charge in [-0.2, -0.15) is 10.1 Å². The van der Waals surface area contributed by atoms with E-state index in [1.807, 2.05) is 0 Å². The molecule has 102 valence electrons. The van der Waals surface area contributed by atoms with Crippen LogP contribution in [0.2, 0.25) is 0 Å². The van der Waals surface area contributed by atoms with E-state index in [4.69, 9.17) is 5.73 Å². The molecule has 0 spiro atoms. The largest absolute Gasteiger partial charge is 0.340 e. The van der Waals surface area contributed by atoms with Gasteiger partial charge >= 0.3 is 0 Å². The van der Waals surface area contributed by atoms with Gasteiger partial charge in [-0.15, -0.1) is 5.10 Å². The zero-order chi connectivity index (χ0) is 13.2. The van der Waals surface area contributed by atoms with Crippen molar-refractivity contribution < 1.29 is 0 Å². The molecule has 7 heteroatoms. The first-order chi connectivity index (χ1) is 9.24. The minimum absolute atomic E-state index is 0.274. The molecule has 0 saturated carbocycles. The summed E-state index contributed by atoms with van der Waals surface area (Å²) in [7, 11) is 0. The topological polar surface area (TPSA) is 99.5 Å². The fourth-order valence-electron chi connectivity index (χ4n) is 2.53. The molecule has 2 aromatic heterocycles. The number of hydrogen-bond acceptors (Lipinski definition) is 5. The normalized spacial score (nSPS) is 18.7. The van der Waals surface area contributed by atoms with E-state index in [9.17, 15) is 0 Å². The summed E-state index contributed by atoms with van der Waals surface area (Å²) in [6, 6.07) is 0.274. The van der Waals surface area contributed by atoms with Crippen LogP contribution in [0.4, 0.5) is 5.95 Å². The molecule has 2 aromatic rings. The number of nitrogens with zero attached hydrogens (tertiary/aromatic N) is 4. The lowest BCUT2D eigenvalue weighted by Crippen LogP contribution is -2.40. The first-order valence-corrected chi connectivity index (χ1v) is 6.66. The smallest absolute Gasteiger partial charge is 0.245 e. The van der Waals surface area contributed by atoms with E-state index < -0.39 is 0 Å². The molecule has 3 rings (SSSR count). The third-order valence-electron chi connectivity index (χ3n) is 3.81. The predicted molar refractivity (Wildman–Crippen MR) is 72.6 cm³/mol. The first kappa shape index (κ1) is 12.2. The minimum atomic E-state index is 0.274. The van der Waals surface area contributed by atoms with Gasteiger partial charge in [0.25, 0.3) is 0 Å². The van der Waals surface area contributed by atoms with Gasteiger partial charge in [0.1, 0.15) is 0 Å². The molecule has 7 nitrogen and oxygen atoms in total. The molecule has 0 radical (unpaired) electrons. The highest BCUT2D eigenvalue weighted by atomic mass is 15.4. The van der Waals surface area contributed by atoms with Crippen molar-refractivity contribution >= 4 is 5.95 Å². The Morgan fingerprint density at radius 3 is 2.84 bits per heavy atom. The molecular weight excluding hydrogens is 242 g/mol. The summed E-state index contributed by atoms with van der Waals surface area (Å²) >= 11 is 0. The van der Waals surface area contributed by atoms with Crippen molar-refractivity contribution in [2.24, 2.45) is 11.7 Å². The average Bonchev–Trinajstić information content (AvgIpc) is 3.10. The van der Waals surface area contributed by atoms with E-state index in [0.717, 1.165) is 43.3 Å². The highest BCUT2D eigenvalue weighted by molar-refractivity contribution is 5.53. The monoisotopic (exact) mass is 261 g/mol. The van der Waals surface area contributed by atoms with Crippen LogP contribution < -0.4 is 10.6 Å². The highest BCUT2D eigenvalue weighted by Gasteiger charge is 2.24. The zero-order valence-electron chi connectivity index (χ0n) is 11.0. The summed E-state index contributed by atoms with van der Waals surface area (Å²) in [4.78, 5) is 6.72. The van der Waals surface area contributed by atoms with Crippen LogP contribution in [-0.4, -0.2) is 44.5 Å². The summed E-state index contributed by atoms with van der Waals surface area (Å²) in [6.45, 7) is 4.02. The maximum absolute atomic E-state index is 5.95. The second-order valence-electron chi connectivity index (χ2n) is 5.15. The van der Waals surface area contributed by atoms with Gasteiger partial charge in [-0.05, 0) is 25.7 Å². The Morgan fingerprint density at radius 1 is 1.42 bits per heavy atom. The Hall–Kier alpha value is -1.89. The molecule has 0 aromatic carbocycles. The molecule has 4 N–H and O–H groups in total. The molecule has 19 heavy (non-hydrogen) atoms. The highest BCUT2D eigenvalue weighted by Crippen LogP contribution is 2.23. The number of anilines is 1. The van der Waals surface area contributed by atoms with Crippen molar-refractivity contribution in [1.82, 2.24) is 25.4 Å². The third kappa shape index (κ3) is 2.46. The Bertz CT molecular complexity index is 508. The summed E-state index contributed by atoms with van der Waals surface area (Å²) in [5, 5.41) is 13.9. The van der Waals surface area contributed by atoms with Crippen LogP contribution in [-0.2, 0) is 0 Å². The molecule has 1 unspecified atom stereocenters. The molecule has 1 fully saturated rings. The van der Waals surface area contributed by atoms with Gasteiger partial charge in [-0.1, -0.05) is 0 Å². The number of nitrogens with one attached hydrogen (secondary N) is 2. The second-order valence-corrected chi connectivity index (χ2v) is 5.15. The van der Waals surface area contributed by atoms with E-state index in [1.54, 1.807) is 12.4 Å². The number of hydrogen-bond donors (Lipinski definition) is 3. The molecule has 0 amide bonds. The van der Waals surface area contributed by atoms with Gasteiger partial charge in [0.15, 0.2) is 5.82 Å². The summed E-state index contributed by atoms with van der Waals surface area (Å²) in [5.74, 6) is 2.13. The van der Waals surface area contributed by atoms with Crippen LogP contribution in [0.15, 0.2) is 12.4 Å². The Balaban J connectivity index is 1.68. The number of H-pyrrole nitrogens is 2. The molecule has 1 aliphatic rings. The predicted octanol–water partition coefficient (Wildman–Crippen LogP) is 0.758. The third-order valence-corrected chi connectivity index (χ3v) is 3.81. The number of aromatic nitrogens is 5. The lowest BCUT2D eigenvalue weighted by atomic mass is 9.91. The summed E-state index contributed by atoms with van der Waals surface area (Å²) in [5.41, 5.74) is 6.87. The maximum atomic E-state index is 5.95. The number of rotatable bonds is 3. The molecule has 1 aliphatic heterocycles. The van der Waals surface area contributed by atoms with Gasteiger partial charge in [0.05, 0.1) is 11.8 Å². The van der Waals surface area contributed by atoms with Gasteiger partial charge in [-0.3, -0.25) is 10.2 Å². The minimum Gasteiger partial charge on any atom is -0.340 e. The van der Waals surface area contributed by atoms with E-state index >= 15 is 0 Å². The van der Waals surface area contributed by atoms with Crippen LogP contribution in [0, 0.1) is 5.92 Å². The Labute approximate surface area is 111 Å². The second kappa shape index (κ2) is 5.00. The standard InChI is InChI=1S/C12H19N7/c1-8(13)9-2-4-19(5-3-9)12-16-11(17-18-12)10-6-14-15-7-10/h6-9H,2-5,13H2,1H3,(H,14,15)(H,16,17,18). The van der Waals surface area contributed by atoms with Gasteiger partial charge in [0, 0.05) is 25.3 Å². The van der Waals surface area contributed by atoms with Crippen molar-refractivity contribution in [2.45, 2.75) is 25.8 Å². The van der Waals surface area contributed by atoms with Crippen LogP contribution >= 0.6 is 0 Å². The van der Waals surface area contributed by atoms with E-state index in [-0.39, 0.29) is 6.04 Å². The molecular formula is C12H19N7. The van der Waals surface area contributed by atoms with Crippen molar-refractivity contribution in [3.63, 3.8) is 0 Å². The number of nitrogens with two attached hydrogens (primary N) is 1. The Morgan fingerprint density at radius 2 is 2.21 bits per heavy atom. The van der Waals surface area contributed by atoms with Crippen LogP contribution in [0.3, 0.4) is 0 Å². The van der Waals surface area contributed by atoms with Gasteiger partial charge < -0.3 is 10.6 Å². The fraction of sp³-hybridized carbons (Fsp3) is 0.583. The summed E-state index contributed by atoms with van der Waals surface area (Å²) < 4.78 is 0. The lowest BCUT2D eigenvalue weighted by molar-refractivity contribution is 0.352.